The first-order chi connectivity index (χ1) is 11.6. The third kappa shape index (κ3) is 2.46. The first-order valence-electron chi connectivity index (χ1n) is 7.91. The highest BCUT2D eigenvalue weighted by Gasteiger charge is 2.26. The molecule has 24 heavy (non-hydrogen) atoms. The maximum absolute atomic E-state index is 13.0. The Labute approximate surface area is 137 Å². The maximum Gasteiger partial charge on any atom is 0.259 e. The lowest BCUT2D eigenvalue weighted by Crippen LogP contribution is -2.40. The number of piperidine rings is 1. The highest BCUT2D eigenvalue weighted by atomic mass is 16.5. The summed E-state index contributed by atoms with van der Waals surface area (Å²) in [6, 6.07) is 5.27. The highest BCUT2D eigenvalue weighted by Crippen LogP contribution is 2.28. The second kappa shape index (κ2) is 5.76. The van der Waals surface area contributed by atoms with E-state index < -0.39 is 0 Å². The van der Waals surface area contributed by atoms with Crippen LogP contribution < -0.4 is 0 Å². The van der Waals surface area contributed by atoms with Crippen molar-refractivity contribution in [1.29, 1.82) is 0 Å². The fourth-order valence-electron chi connectivity index (χ4n) is 3.05. The summed E-state index contributed by atoms with van der Waals surface area (Å²) in [6.45, 7) is 2.85. The van der Waals surface area contributed by atoms with Gasteiger partial charge in [0.2, 0.25) is 0 Å². The predicted octanol–water partition coefficient (Wildman–Crippen LogP) is 2.39. The molecule has 3 aromatic rings. The van der Waals surface area contributed by atoms with Crippen molar-refractivity contribution in [3.05, 3.63) is 35.7 Å². The van der Waals surface area contributed by atoms with Gasteiger partial charge in [-0.15, -0.1) is 0 Å². The van der Waals surface area contributed by atoms with Crippen molar-refractivity contribution >= 4 is 17.0 Å². The zero-order chi connectivity index (χ0) is 16.7. The van der Waals surface area contributed by atoms with E-state index >= 15 is 0 Å². The normalized spacial score (nSPS) is 16.0. The summed E-state index contributed by atoms with van der Waals surface area (Å²) >= 11 is 0. The third-order valence-corrected chi connectivity index (χ3v) is 4.37. The van der Waals surface area contributed by atoms with E-state index in [0.29, 0.717) is 59.7 Å². The van der Waals surface area contributed by atoms with Gasteiger partial charge in [0.15, 0.2) is 5.76 Å². The van der Waals surface area contributed by atoms with Crippen molar-refractivity contribution in [2.24, 2.45) is 0 Å². The third-order valence-electron chi connectivity index (χ3n) is 4.37. The number of hydrogen-bond donors (Lipinski definition) is 1. The molecule has 1 aliphatic heterocycles. The number of aliphatic hydroxyl groups is 1. The molecule has 0 atom stereocenters. The van der Waals surface area contributed by atoms with Crippen molar-refractivity contribution in [3.63, 3.8) is 0 Å². The van der Waals surface area contributed by atoms with Gasteiger partial charge >= 0.3 is 0 Å². The number of furan rings is 1. The molecule has 1 fully saturated rings. The Bertz CT molecular complexity index is 877. The van der Waals surface area contributed by atoms with Gasteiger partial charge < -0.3 is 18.9 Å². The molecule has 0 bridgehead atoms. The average molecular weight is 327 g/mol. The zero-order valence-electron chi connectivity index (χ0n) is 13.2. The van der Waals surface area contributed by atoms with E-state index in [0.717, 1.165) is 0 Å². The van der Waals surface area contributed by atoms with Crippen LogP contribution >= 0.6 is 0 Å². The monoisotopic (exact) mass is 327 g/mol. The fourth-order valence-corrected chi connectivity index (χ4v) is 3.05. The molecule has 0 radical (unpaired) electrons. The predicted molar refractivity (Wildman–Crippen MR) is 85.4 cm³/mol. The topological polar surface area (TPSA) is 92.6 Å². The molecule has 4 heterocycles. The molecular formula is C17H17N3O4. The van der Waals surface area contributed by atoms with Gasteiger partial charge in [-0.05, 0) is 38.0 Å². The summed E-state index contributed by atoms with van der Waals surface area (Å²) in [4.78, 5) is 19.2. The largest absolute Gasteiger partial charge is 0.463 e. The number of likely N-dealkylation sites (tertiary alicyclic amines) is 1. The van der Waals surface area contributed by atoms with E-state index in [1.54, 1.807) is 36.3 Å². The van der Waals surface area contributed by atoms with Crippen LogP contribution in [-0.2, 0) is 0 Å². The van der Waals surface area contributed by atoms with E-state index in [-0.39, 0.29) is 12.0 Å². The van der Waals surface area contributed by atoms with Crippen LogP contribution in [0.3, 0.4) is 0 Å². The van der Waals surface area contributed by atoms with Crippen molar-refractivity contribution in [2.75, 3.05) is 13.1 Å². The molecule has 1 saturated heterocycles. The molecular weight excluding hydrogens is 310 g/mol. The molecule has 0 spiro atoms. The van der Waals surface area contributed by atoms with Gasteiger partial charge in [0.05, 0.1) is 29.0 Å². The Morgan fingerprint density at radius 1 is 1.38 bits per heavy atom. The van der Waals surface area contributed by atoms with Gasteiger partial charge in [-0.2, -0.15) is 0 Å². The van der Waals surface area contributed by atoms with Gasteiger partial charge in [-0.3, -0.25) is 4.79 Å². The lowest BCUT2D eigenvalue weighted by atomic mass is 10.0. The summed E-state index contributed by atoms with van der Waals surface area (Å²) in [5, 5.41) is 14.2. The van der Waals surface area contributed by atoms with Gasteiger partial charge in [-0.1, -0.05) is 5.16 Å². The number of fused-ring (bicyclic) bond motifs is 1. The smallest absolute Gasteiger partial charge is 0.259 e. The van der Waals surface area contributed by atoms with Crippen LogP contribution in [0.5, 0.6) is 0 Å². The minimum atomic E-state index is -0.331. The first-order valence-corrected chi connectivity index (χ1v) is 7.91. The minimum Gasteiger partial charge on any atom is -0.463 e. The maximum atomic E-state index is 13.0. The molecule has 7 heteroatoms. The number of aryl methyl sites for hydroxylation is 1. The second-order valence-electron chi connectivity index (χ2n) is 6.00. The standard InChI is InChI=1S/C17H17N3O4/c1-10-15-12(17(22)20-6-4-11(21)5-7-20)9-13(14-3-2-8-23-14)18-16(15)24-19-10/h2-3,8-9,11,21H,4-7H2,1H3. The van der Waals surface area contributed by atoms with Crippen LogP contribution in [0.4, 0.5) is 0 Å². The first kappa shape index (κ1) is 14.9. The number of pyridine rings is 1. The zero-order valence-corrected chi connectivity index (χ0v) is 13.2. The van der Waals surface area contributed by atoms with Crippen LogP contribution in [0, 0.1) is 6.92 Å². The van der Waals surface area contributed by atoms with E-state index in [4.69, 9.17) is 8.94 Å². The number of carbonyl (C=O) groups is 1. The molecule has 0 aromatic carbocycles. The van der Waals surface area contributed by atoms with Crippen LogP contribution in [0.1, 0.15) is 28.9 Å². The number of hydrogen-bond acceptors (Lipinski definition) is 6. The average Bonchev–Trinajstić information content (AvgIpc) is 3.24. The van der Waals surface area contributed by atoms with Gasteiger partial charge in [0.1, 0.15) is 5.69 Å². The van der Waals surface area contributed by atoms with Crippen LogP contribution in [-0.4, -0.2) is 45.2 Å². The van der Waals surface area contributed by atoms with E-state index in [1.165, 1.54) is 0 Å². The molecule has 124 valence electrons. The summed E-state index contributed by atoms with van der Waals surface area (Å²) in [7, 11) is 0. The van der Waals surface area contributed by atoms with E-state index in [2.05, 4.69) is 10.1 Å². The van der Waals surface area contributed by atoms with Crippen LogP contribution in [0.2, 0.25) is 0 Å². The van der Waals surface area contributed by atoms with Crippen molar-refractivity contribution in [3.8, 4) is 11.5 Å². The molecule has 1 aliphatic rings. The minimum absolute atomic E-state index is 0.103. The molecule has 7 nitrogen and oxygen atoms in total. The lowest BCUT2D eigenvalue weighted by molar-refractivity contribution is 0.0548. The van der Waals surface area contributed by atoms with Crippen molar-refractivity contribution in [1.82, 2.24) is 15.0 Å². The Morgan fingerprint density at radius 3 is 2.88 bits per heavy atom. The number of nitrogens with zero attached hydrogens (tertiary/aromatic N) is 3. The lowest BCUT2D eigenvalue weighted by Gasteiger charge is -2.29. The number of aliphatic hydroxyl groups excluding tert-OH is 1. The Balaban J connectivity index is 1.80. The quantitative estimate of drug-likeness (QED) is 0.777. The molecule has 1 amide bonds. The number of carbonyl (C=O) groups excluding carboxylic acids is 1. The molecule has 0 unspecified atom stereocenters. The SMILES string of the molecule is Cc1noc2nc(-c3ccco3)cc(C(=O)N3CCC(O)CC3)c12. The summed E-state index contributed by atoms with van der Waals surface area (Å²) in [6.07, 6.45) is 2.41. The highest BCUT2D eigenvalue weighted by molar-refractivity contribution is 6.06. The molecule has 4 rings (SSSR count). The van der Waals surface area contributed by atoms with E-state index in [1.807, 2.05) is 0 Å². The summed E-state index contributed by atoms with van der Waals surface area (Å²) < 4.78 is 10.7. The molecule has 1 N–H and O–H groups in total. The van der Waals surface area contributed by atoms with Crippen LogP contribution in [0.25, 0.3) is 22.6 Å². The second-order valence-corrected chi connectivity index (χ2v) is 6.00. The molecule has 0 saturated carbocycles. The summed E-state index contributed by atoms with van der Waals surface area (Å²) in [5.74, 6) is 0.461. The van der Waals surface area contributed by atoms with Crippen LogP contribution in [0.15, 0.2) is 33.4 Å². The molecule has 3 aromatic heterocycles. The van der Waals surface area contributed by atoms with Crippen molar-refractivity contribution < 1.29 is 18.8 Å². The van der Waals surface area contributed by atoms with Crippen molar-refractivity contribution in [2.45, 2.75) is 25.9 Å². The van der Waals surface area contributed by atoms with Gasteiger partial charge in [-0.25, -0.2) is 4.98 Å². The fraction of sp³-hybridized carbons (Fsp3) is 0.353. The number of amides is 1. The Morgan fingerprint density at radius 2 is 2.17 bits per heavy atom. The van der Waals surface area contributed by atoms with Gasteiger partial charge in [0.25, 0.3) is 11.6 Å². The summed E-state index contributed by atoms with van der Waals surface area (Å²) in [5.41, 5.74) is 1.98. The Hall–Kier alpha value is -2.67. The Kier molecular flexibility index (Phi) is 3.57. The number of aromatic nitrogens is 2. The molecule has 0 aliphatic carbocycles. The number of rotatable bonds is 2. The van der Waals surface area contributed by atoms with Gasteiger partial charge in [0, 0.05) is 13.1 Å². The van der Waals surface area contributed by atoms with E-state index in [9.17, 15) is 9.90 Å².